The molecule has 1 fully saturated rings. The van der Waals surface area contributed by atoms with E-state index >= 15 is 0 Å². The Hall–Kier alpha value is -3.87. The molecule has 0 radical (unpaired) electrons. The smallest absolute Gasteiger partial charge is 0.411 e. The van der Waals surface area contributed by atoms with Gasteiger partial charge in [-0.1, -0.05) is 55.3 Å². The van der Waals surface area contributed by atoms with Gasteiger partial charge in [-0.25, -0.2) is 14.8 Å². The number of hydrogen-bond acceptors (Lipinski definition) is 5. The van der Waals surface area contributed by atoms with Gasteiger partial charge in [0, 0.05) is 23.5 Å². The number of carbonyl (C=O) groups is 1. The number of carbonyl (C=O) groups excluding carboxylic acids is 1. The van der Waals surface area contributed by atoms with Crippen molar-refractivity contribution in [1.82, 2.24) is 14.5 Å². The second-order valence-electron chi connectivity index (χ2n) is 8.11. The molecule has 0 saturated heterocycles. The molecule has 0 spiro atoms. The predicted molar refractivity (Wildman–Crippen MR) is 125 cm³/mol. The van der Waals surface area contributed by atoms with Crippen LogP contribution in [0.1, 0.15) is 37.3 Å². The van der Waals surface area contributed by atoms with Gasteiger partial charge < -0.3 is 15.0 Å². The van der Waals surface area contributed by atoms with Crippen molar-refractivity contribution in [3.8, 4) is 11.1 Å². The zero-order valence-corrected chi connectivity index (χ0v) is 17.7. The van der Waals surface area contributed by atoms with Crippen molar-refractivity contribution in [3.05, 3.63) is 72.7 Å². The Kier molecular flexibility index (Phi) is 5.46. The lowest BCUT2D eigenvalue weighted by Gasteiger charge is -2.12. The van der Waals surface area contributed by atoms with Crippen molar-refractivity contribution >= 4 is 28.6 Å². The van der Waals surface area contributed by atoms with Crippen molar-refractivity contribution in [2.24, 2.45) is 0 Å². The number of benzene rings is 2. The quantitative estimate of drug-likeness (QED) is 0.436. The molecule has 2 aromatic heterocycles. The first-order valence-electron chi connectivity index (χ1n) is 10.9. The number of nitrogen functional groups attached to an aromatic ring is 1. The second-order valence-corrected chi connectivity index (χ2v) is 8.11. The third-order valence-corrected chi connectivity index (χ3v) is 6.01. The minimum absolute atomic E-state index is 0.227. The number of nitrogens with two attached hydrogens (primary N) is 1. The van der Waals surface area contributed by atoms with E-state index in [0.717, 1.165) is 40.6 Å². The summed E-state index contributed by atoms with van der Waals surface area (Å²) in [6, 6.07) is 17.7. The molecule has 4 aromatic rings. The molecular formula is C25H25N5O2. The number of nitrogens with one attached hydrogen (secondary N) is 1. The van der Waals surface area contributed by atoms with E-state index in [2.05, 4.69) is 26.0 Å². The van der Waals surface area contributed by atoms with E-state index in [1.54, 1.807) is 0 Å². The van der Waals surface area contributed by atoms with Crippen LogP contribution in [0.5, 0.6) is 0 Å². The Balaban J connectivity index is 1.35. The molecule has 5 rings (SSSR count). The van der Waals surface area contributed by atoms with Crippen LogP contribution in [0.15, 0.2) is 67.1 Å². The minimum atomic E-state index is -0.489. The molecule has 0 bridgehead atoms. The van der Waals surface area contributed by atoms with Gasteiger partial charge in [0.1, 0.15) is 24.4 Å². The Morgan fingerprint density at radius 1 is 1.06 bits per heavy atom. The van der Waals surface area contributed by atoms with Gasteiger partial charge >= 0.3 is 6.09 Å². The Morgan fingerprint density at radius 2 is 1.81 bits per heavy atom. The van der Waals surface area contributed by atoms with Gasteiger partial charge in [0.05, 0.1) is 5.39 Å². The van der Waals surface area contributed by atoms with Gasteiger partial charge in [0.25, 0.3) is 0 Å². The molecule has 3 N–H and O–H groups in total. The molecule has 0 atom stereocenters. The lowest BCUT2D eigenvalue weighted by molar-refractivity contribution is 0.155. The minimum Gasteiger partial charge on any atom is -0.444 e. The third kappa shape index (κ3) is 4.01. The lowest BCUT2D eigenvalue weighted by atomic mass is 10.1. The number of nitrogens with zero attached hydrogens (tertiary/aromatic N) is 3. The van der Waals surface area contributed by atoms with Crippen molar-refractivity contribution in [3.63, 3.8) is 0 Å². The average molecular weight is 428 g/mol. The maximum absolute atomic E-state index is 12.1. The van der Waals surface area contributed by atoms with E-state index < -0.39 is 6.09 Å². The highest BCUT2D eigenvalue weighted by atomic mass is 16.5. The van der Waals surface area contributed by atoms with Crippen molar-refractivity contribution in [2.75, 3.05) is 11.1 Å². The van der Waals surface area contributed by atoms with E-state index in [-0.39, 0.29) is 6.61 Å². The highest BCUT2D eigenvalue weighted by Gasteiger charge is 2.22. The van der Waals surface area contributed by atoms with Crippen LogP contribution in [0.4, 0.5) is 16.3 Å². The van der Waals surface area contributed by atoms with E-state index in [1.165, 1.54) is 19.2 Å². The van der Waals surface area contributed by atoms with Gasteiger partial charge in [-0.05, 0) is 36.1 Å². The van der Waals surface area contributed by atoms with E-state index in [9.17, 15) is 4.79 Å². The van der Waals surface area contributed by atoms with E-state index in [1.807, 2.05) is 54.6 Å². The Morgan fingerprint density at radius 3 is 2.56 bits per heavy atom. The van der Waals surface area contributed by atoms with E-state index in [0.29, 0.717) is 17.5 Å². The molecule has 1 saturated carbocycles. The first-order valence-corrected chi connectivity index (χ1v) is 10.9. The average Bonchev–Trinajstić information content (AvgIpc) is 3.48. The third-order valence-electron chi connectivity index (χ3n) is 6.01. The molecular weight excluding hydrogens is 402 g/mol. The fourth-order valence-electron chi connectivity index (χ4n) is 4.40. The van der Waals surface area contributed by atoms with Crippen LogP contribution >= 0.6 is 0 Å². The monoisotopic (exact) mass is 427 g/mol. The van der Waals surface area contributed by atoms with Crippen molar-refractivity contribution in [1.29, 1.82) is 0 Å². The van der Waals surface area contributed by atoms with Gasteiger partial charge in [0.15, 0.2) is 0 Å². The summed E-state index contributed by atoms with van der Waals surface area (Å²) >= 11 is 0. The summed E-state index contributed by atoms with van der Waals surface area (Å²) in [6.45, 7) is 0.227. The topological polar surface area (TPSA) is 95.1 Å². The van der Waals surface area contributed by atoms with Crippen LogP contribution in [-0.2, 0) is 11.3 Å². The van der Waals surface area contributed by atoms with Crippen LogP contribution < -0.4 is 11.1 Å². The summed E-state index contributed by atoms with van der Waals surface area (Å²) in [5.41, 5.74) is 10.7. The summed E-state index contributed by atoms with van der Waals surface area (Å²) in [7, 11) is 0. The molecule has 0 unspecified atom stereocenters. The van der Waals surface area contributed by atoms with Gasteiger partial charge in [-0.2, -0.15) is 0 Å². The van der Waals surface area contributed by atoms with Crippen LogP contribution in [0, 0.1) is 0 Å². The number of rotatable bonds is 5. The van der Waals surface area contributed by atoms with Crippen LogP contribution in [0.2, 0.25) is 0 Å². The fraction of sp³-hybridized carbons (Fsp3) is 0.240. The largest absolute Gasteiger partial charge is 0.444 e. The molecule has 1 amide bonds. The maximum atomic E-state index is 12.1. The van der Waals surface area contributed by atoms with Crippen LogP contribution in [0.25, 0.3) is 22.2 Å². The number of hydrogen-bond donors (Lipinski definition) is 2. The summed E-state index contributed by atoms with van der Waals surface area (Å²) in [5, 5.41) is 3.65. The molecule has 162 valence electrons. The predicted octanol–water partition coefficient (Wildman–Crippen LogP) is 5.54. The Bertz CT molecular complexity index is 1230. The molecule has 2 aromatic carbocycles. The molecule has 1 aliphatic rings. The standard InChI is InChI=1S/C25H25N5O2/c26-23-22-21(14-30(20-8-4-5-9-20)24(22)28-16-27-23)18-10-12-19(13-11-18)29-25(31)32-15-17-6-2-1-3-7-17/h1-3,6-7,10-14,16,20H,4-5,8-9,15H2,(H,29,31)(H2,26,27,28). The van der Waals surface area contributed by atoms with Crippen molar-refractivity contribution < 1.29 is 9.53 Å². The maximum Gasteiger partial charge on any atom is 0.411 e. The second kappa shape index (κ2) is 8.70. The summed E-state index contributed by atoms with van der Waals surface area (Å²) in [5.74, 6) is 0.480. The fourth-order valence-corrected chi connectivity index (χ4v) is 4.40. The van der Waals surface area contributed by atoms with Gasteiger partial charge in [0.2, 0.25) is 0 Å². The number of amides is 1. The number of fused-ring (bicyclic) bond motifs is 1. The molecule has 7 nitrogen and oxygen atoms in total. The number of anilines is 2. The molecule has 7 heteroatoms. The van der Waals surface area contributed by atoms with Gasteiger partial charge in [-0.15, -0.1) is 0 Å². The molecule has 2 heterocycles. The highest BCUT2D eigenvalue weighted by molar-refractivity contribution is 6.01. The zero-order chi connectivity index (χ0) is 21.9. The zero-order valence-electron chi connectivity index (χ0n) is 17.7. The first-order chi connectivity index (χ1) is 15.7. The van der Waals surface area contributed by atoms with Gasteiger partial charge in [-0.3, -0.25) is 5.32 Å². The number of aromatic nitrogens is 3. The number of ether oxygens (including phenoxy) is 1. The lowest BCUT2D eigenvalue weighted by Crippen LogP contribution is -2.13. The SMILES string of the molecule is Nc1ncnc2c1c(-c1ccc(NC(=O)OCc3ccccc3)cc1)cn2C1CCCC1. The van der Waals surface area contributed by atoms with Crippen LogP contribution in [-0.4, -0.2) is 20.6 Å². The normalized spacial score (nSPS) is 14.0. The summed E-state index contributed by atoms with van der Waals surface area (Å²) in [6.07, 6.45) is 7.96. The highest BCUT2D eigenvalue weighted by Crippen LogP contribution is 2.38. The summed E-state index contributed by atoms with van der Waals surface area (Å²) in [4.78, 5) is 20.9. The molecule has 0 aliphatic heterocycles. The van der Waals surface area contributed by atoms with Crippen molar-refractivity contribution in [2.45, 2.75) is 38.3 Å². The molecule has 32 heavy (non-hydrogen) atoms. The Labute approximate surface area is 186 Å². The van der Waals surface area contributed by atoms with Crippen LogP contribution in [0.3, 0.4) is 0 Å². The van der Waals surface area contributed by atoms with E-state index in [4.69, 9.17) is 10.5 Å². The first kappa shape index (κ1) is 20.1. The molecule has 1 aliphatic carbocycles. The summed E-state index contributed by atoms with van der Waals surface area (Å²) < 4.78 is 7.55.